The van der Waals surface area contributed by atoms with Crippen LogP contribution in [0.3, 0.4) is 0 Å². The molecule has 1 saturated heterocycles. The normalized spacial score (nSPS) is 23.7. The standard InChI is InChI=1S/C11H21NO3/c1-3-10(11(14)15)12-6-4-9(5-7-12)8(2)13/h8-10,13H,3-7H2,1-2H3,(H,14,15)/t8-,10+/m0/s1. The van der Waals surface area contributed by atoms with Crippen molar-refractivity contribution in [3.63, 3.8) is 0 Å². The molecule has 88 valence electrons. The Morgan fingerprint density at radius 1 is 1.47 bits per heavy atom. The lowest BCUT2D eigenvalue weighted by atomic mass is 9.91. The fourth-order valence-electron chi connectivity index (χ4n) is 2.30. The van der Waals surface area contributed by atoms with Gasteiger partial charge in [0, 0.05) is 0 Å². The van der Waals surface area contributed by atoms with E-state index in [1.165, 1.54) is 0 Å². The van der Waals surface area contributed by atoms with E-state index in [0.717, 1.165) is 25.9 Å². The van der Waals surface area contributed by atoms with Crippen LogP contribution in [-0.2, 0) is 4.79 Å². The van der Waals surface area contributed by atoms with E-state index < -0.39 is 5.97 Å². The number of hydrogen-bond acceptors (Lipinski definition) is 3. The smallest absolute Gasteiger partial charge is 0.320 e. The third-order valence-corrected chi connectivity index (χ3v) is 3.37. The zero-order valence-electron chi connectivity index (χ0n) is 9.52. The van der Waals surface area contributed by atoms with Gasteiger partial charge in [-0.15, -0.1) is 0 Å². The number of carbonyl (C=O) groups is 1. The van der Waals surface area contributed by atoms with Crippen molar-refractivity contribution < 1.29 is 15.0 Å². The van der Waals surface area contributed by atoms with E-state index in [1.807, 2.05) is 18.7 Å². The first-order chi connectivity index (χ1) is 7.06. The summed E-state index contributed by atoms with van der Waals surface area (Å²) < 4.78 is 0. The van der Waals surface area contributed by atoms with E-state index in [9.17, 15) is 9.90 Å². The first-order valence-electron chi connectivity index (χ1n) is 5.71. The summed E-state index contributed by atoms with van der Waals surface area (Å²) in [4.78, 5) is 13.0. The Morgan fingerprint density at radius 3 is 2.33 bits per heavy atom. The minimum Gasteiger partial charge on any atom is -0.480 e. The molecule has 0 aromatic rings. The number of nitrogens with zero attached hydrogens (tertiary/aromatic N) is 1. The minimum atomic E-state index is -0.729. The summed E-state index contributed by atoms with van der Waals surface area (Å²) in [6, 6.07) is -0.347. The summed E-state index contributed by atoms with van der Waals surface area (Å²) in [6.45, 7) is 5.30. The molecule has 0 aliphatic carbocycles. The fraction of sp³-hybridized carbons (Fsp3) is 0.909. The van der Waals surface area contributed by atoms with Crippen molar-refractivity contribution in [3.05, 3.63) is 0 Å². The van der Waals surface area contributed by atoms with Gasteiger partial charge in [0.25, 0.3) is 0 Å². The third-order valence-electron chi connectivity index (χ3n) is 3.37. The predicted molar refractivity (Wildman–Crippen MR) is 57.7 cm³/mol. The van der Waals surface area contributed by atoms with Gasteiger partial charge in [0.1, 0.15) is 6.04 Å². The van der Waals surface area contributed by atoms with E-state index in [2.05, 4.69) is 0 Å². The minimum absolute atomic E-state index is 0.267. The molecule has 1 rings (SSSR count). The van der Waals surface area contributed by atoms with Crippen molar-refractivity contribution in [2.24, 2.45) is 5.92 Å². The molecule has 1 fully saturated rings. The molecule has 0 spiro atoms. The molecule has 0 amide bonds. The highest BCUT2D eigenvalue weighted by Gasteiger charge is 2.29. The summed E-state index contributed by atoms with van der Waals surface area (Å²) >= 11 is 0. The van der Waals surface area contributed by atoms with Crippen LogP contribution in [0, 0.1) is 5.92 Å². The van der Waals surface area contributed by atoms with Gasteiger partial charge < -0.3 is 10.2 Å². The second-order valence-corrected chi connectivity index (χ2v) is 4.38. The van der Waals surface area contributed by atoms with Crippen LogP contribution < -0.4 is 0 Å². The Labute approximate surface area is 90.9 Å². The molecule has 2 atom stereocenters. The zero-order valence-corrected chi connectivity index (χ0v) is 9.52. The van der Waals surface area contributed by atoms with Gasteiger partial charge in [-0.05, 0) is 45.2 Å². The van der Waals surface area contributed by atoms with E-state index in [0.29, 0.717) is 12.3 Å². The lowest BCUT2D eigenvalue weighted by Crippen LogP contribution is -2.46. The molecule has 1 aliphatic heterocycles. The zero-order chi connectivity index (χ0) is 11.4. The lowest BCUT2D eigenvalue weighted by molar-refractivity contribution is -0.144. The van der Waals surface area contributed by atoms with Gasteiger partial charge in [-0.1, -0.05) is 6.92 Å². The lowest BCUT2D eigenvalue weighted by Gasteiger charge is -2.36. The number of piperidine rings is 1. The summed E-state index contributed by atoms with van der Waals surface area (Å²) in [6.07, 6.45) is 2.19. The SMILES string of the molecule is CC[C@H](C(=O)O)N1CCC([C@H](C)O)CC1. The maximum atomic E-state index is 11.0. The van der Waals surface area contributed by atoms with Crippen molar-refractivity contribution in [1.29, 1.82) is 0 Å². The molecule has 0 unspecified atom stereocenters. The van der Waals surface area contributed by atoms with Crippen LogP contribution in [0.15, 0.2) is 0 Å². The summed E-state index contributed by atoms with van der Waals surface area (Å²) in [5.74, 6) is -0.388. The highest BCUT2D eigenvalue weighted by Crippen LogP contribution is 2.22. The molecule has 1 heterocycles. The number of likely N-dealkylation sites (tertiary alicyclic amines) is 1. The molecular formula is C11H21NO3. The molecule has 0 saturated carbocycles. The first-order valence-corrected chi connectivity index (χ1v) is 5.71. The first kappa shape index (κ1) is 12.5. The average Bonchev–Trinajstić information content (AvgIpc) is 2.19. The second-order valence-electron chi connectivity index (χ2n) is 4.38. The van der Waals surface area contributed by atoms with Gasteiger partial charge in [0.15, 0.2) is 0 Å². The van der Waals surface area contributed by atoms with Crippen LogP contribution in [0.1, 0.15) is 33.1 Å². The van der Waals surface area contributed by atoms with Gasteiger partial charge in [-0.2, -0.15) is 0 Å². The van der Waals surface area contributed by atoms with Gasteiger partial charge in [-0.3, -0.25) is 9.69 Å². The molecule has 15 heavy (non-hydrogen) atoms. The van der Waals surface area contributed by atoms with Crippen LogP contribution in [0.2, 0.25) is 0 Å². The Hall–Kier alpha value is -0.610. The van der Waals surface area contributed by atoms with Crippen LogP contribution >= 0.6 is 0 Å². The topological polar surface area (TPSA) is 60.8 Å². The van der Waals surface area contributed by atoms with Gasteiger partial charge in [0.2, 0.25) is 0 Å². The third kappa shape index (κ3) is 3.18. The molecular weight excluding hydrogens is 194 g/mol. The Bertz CT molecular complexity index is 210. The van der Waals surface area contributed by atoms with E-state index in [4.69, 9.17) is 5.11 Å². The molecule has 0 bridgehead atoms. The summed E-state index contributed by atoms with van der Waals surface area (Å²) in [5.41, 5.74) is 0. The number of carboxylic acids is 1. The Kier molecular flexibility index (Phi) is 4.54. The summed E-state index contributed by atoms with van der Waals surface area (Å²) in [5, 5.41) is 18.4. The van der Waals surface area contributed by atoms with Gasteiger partial charge >= 0.3 is 5.97 Å². The van der Waals surface area contributed by atoms with Crippen LogP contribution in [0.5, 0.6) is 0 Å². The fourth-order valence-corrected chi connectivity index (χ4v) is 2.30. The molecule has 2 N–H and O–H groups in total. The highest BCUT2D eigenvalue weighted by atomic mass is 16.4. The summed E-state index contributed by atoms with van der Waals surface area (Å²) in [7, 11) is 0. The molecule has 1 aliphatic rings. The van der Waals surface area contributed by atoms with E-state index in [1.54, 1.807) is 0 Å². The van der Waals surface area contributed by atoms with Crippen molar-refractivity contribution >= 4 is 5.97 Å². The monoisotopic (exact) mass is 215 g/mol. The molecule has 0 aromatic heterocycles. The number of aliphatic hydroxyl groups excluding tert-OH is 1. The van der Waals surface area contributed by atoms with Gasteiger partial charge in [-0.25, -0.2) is 0 Å². The quantitative estimate of drug-likeness (QED) is 0.732. The van der Waals surface area contributed by atoms with Crippen LogP contribution in [0.25, 0.3) is 0 Å². The molecule has 0 aromatic carbocycles. The predicted octanol–water partition coefficient (Wildman–Crippen LogP) is 0.942. The maximum absolute atomic E-state index is 11.0. The van der Waals surface area contributed by atoms with Crippen LogP contribution in [-0.4, -0.2) is 46.3 Å². The number of carboxylic acid groups (broad SMARTS) is 1. The van der Waals surface area contributed by atoms with Crippen molar-refractivity contribution in [2.75, 3.05) is 13.1 Å². The number of hydrogen-bond donors (Lipinski definition) is 2. The molecule has 4 nitrogen and oxygen atoms in total. The van der Waals surface area contributed by atoms with Crippen LogP contribution in [0.4, 0.5) is 0 Å². The number of aliphatic hydroxyl groups is 1. The van der Waals surface area contributed by atoms with E-state index >= 15 is 0 Å². The van der Waals surface area contributed by atoms with Crippen molar-refractivity contribution in [2.45, 2.75) is 45.3 Å². The van der Waals surface area contributed by atoms with Gasteiger partial charge in [0.05, 0.1) is 6.10 Å². The van der Waals surface area contributed by atoms with Crippen molar-refractivity contribution in [1.82, 2.24) is 4.90 Å². The molecule has 4 heteroatoms. The largest absolute Gasteiger partial charge is 0.480 e. The Morgan fingerprint density at radius 2 is 2.00 bits per heavy atom. The highest BCUT2D eigenvalue weighted by molar-refractivity contribution is 5.73. The Balaban J connectivity index is 2.45. The number of rotatable bonds is 4. The average molecular weight is 215 g/mol. The van der Waals surface area contributed by atoms with Crippen molar-refractivity contribution in [3.8, 4) is 0 Å². The second kappa shape index (κ2) is 5.47. The van der Waals surface area contributed by atoms with E-state index in [-0.39, 0.29) is 12.1 Å². The molecule has 0 radical (unpaired) electrons. The number of aliphatic carboxylic acids is 1. The maximum Gasteiger partial charge on any atom is 0.320 e.